The maximum absolute atomic E-state index is 13.0. The summed E-state index contributed by atoms with van der Waals surface area (Å²) >= 11 is 5.99. The summed E-state index contributed by atoms with van der Waals surface area (Å²) in [6.45, 7) is 0. The van der Waals surface area contributed by atoms with E-state index in [1.54, 1.807) is 0 Å². The lowest BCUT2D eigenvalue weighted by Gasteiger charge is -1.97. The van der Waals surface area contributed by atoms with Gasteiger partial charge in [0.2, 0.25) is 0 Å². The smallest absolute Gasteiger partial charge is 0.141 e. The van der Waals surface area contributed by atoms with Crippen molar-refractivity contribution < 1.29 is 8.78 Å². The highest BCUT2D eigenvalue weighted by Gasteiger charge is 2.06. The number of hydrogen-bond acceptors (Lipinski definition) is 0. The molecule has 0 aliphatic heterocycles. The first kappa shape index (κ1) is 11.7. The lowest BCUT2D eigenvalue weighted by atomic mass is 10.2. The SMILES string of the molecule is Fc1cc(C#CCCBr)cc(F)c1Br. The molecule has 4 heteroatoms. The molecule has 14 heavy (non-hydrogen) atoms. The van der Waals surface area contributed by atoms with Gasteiger partial charge in [-0.2, -0.15) is 0 Å². The summed E-state index contributed by atoms with van der Waals surface area (Å²) in [5, 5.41) is 0.751. The molecule has 0 aliphatic rings. The fourth-order valence-electron chi connectivity index (χ4n) is 0.839. The van der Waals surface area contributed by atoms with Gasteiger partial charge in [0.15, 0.2) is 0 Å². The zero-order chi connectivity index (χ0) is 10.6. The topological polar surface area (TPSA) is 0 Å². The van der Waals surface area contributed by atoms with Crippen molar-refractivity contribution in [3.63, 3.8) is 0 Å². The minimum absolute atomic E-state index is 0.149. The van der Waals surface area contributed by atoms with E-state index in [0.717, 1.165) is 5.33 Å². The van der Waals surface area contributed by atoms with Crippen molar-refractivity contribution in [2.75, 3.05) is 5.33 Å². The number of halogens is 4. The van der Waals surface area contributed by atoms with Crippen molar-refractivity contribution >= 4 is 31.9 Å². The zero-order valence-corrected chi connectivity index (χ0v) is 10.3. The second-order valence-corrected chi connectivity index (χ2v) is 4.08. The van der Waals surface area contributed by atoms with Crippen LogP contribution in [-0.2, 0) is 0 Å². The molecule has 0 bridgehead atoms. The summed E-state index contributed by atoms with van der Waals surface area (Å²) in [7, 11) is 0. The molecular formula is C10H6Br2F2. The Kier molecular flexibility index (Phi) is 4.56. The summed E-state index contributed by atoms with van der Waals surface area (Å²) < 4.78 is 25.8. The third-order valence-electron chi connectivity index (χ3n) is 1.44. The van der Waals surface area contributed by atoms with Gasteiger partial charge < -0.3 is 0 Å². The van der Waals surface area contributed by atoms with Gasteiger partial charge in [0.05, 0.1) is 4.47 Å². The molecule has 74 valence electrons. The van der Waals surface area contributed by atoms with Gasteiger partial charge in [-0.1, -0.05) is 27.8 Å². The van der Waals surface area contributed by atoms with E-state index in [4.69, 9.17) is 0 Å². The van der Waals surface area contributed by atoms with Crippen molar-refractivity contribution in [2.45, 2.75) is 6.42 Å². The fourth-order valence-corrected chi connectivity index (χ4v) is 1.27. The molecule has 1 aromatic rings. The van der Waals surface area contributed by atoms with E-state index in [-0.39, 0.29) is 4.47 Å². The quantitative estimate of drug-likeness (QED) is 0.418. The Bertz CT molecular complexity index is 368. The minimum atomic E-state index is -0.631. The van der Waals surface area contributed by atoms with Gasteiger partial charge in [0.25, 0.3) is 0 Å². The molecule has 1 rings (SSSR count). The summed E-state index contributed by atoms with van der Waals surface area (Å²) in [5.74, 6) is 4.19. The Balaban J connectivity index is 2.97. The highest BCUT2D eigenvalue weighted by Crippen LogP contribution is 2.20. The zero-order valence-electron chi connectivity index (χ0n) is 7.08. The lowest BCUT2D eigenvalue weighted by Crippen LogP contribution is -1.86. The van der Waals surface area contributed by atoms with E-state index in [2.05, 4.69) is 43.7 Å². The van der Waals surface area contributed by atoms with Crippen molar-refractivity contribution in [1.82, 2.24) is 0 Å². The lowest BCUT2D eigenvalue weighted by molar-refractivity contribution is 0.571. The van der Waals surface area contributed by atoms with Crippen LogP contribution < -0.4 is 0 Å². The Morgan fingerprint density at radius 3 is 2.29 bits per heavy atom. The first-order chi connectivity index (χ1) is 6.65. The third-order valence-corrected chi connectivity index (χ3v) is 2.59. The van der Waals surface area contributed by atoms with Crippen molar-refractivity contribution in [2.24, 2.45) is 0 Å². The van der Waals surface area contributed by atoms with Crippen LogP contribution in [0.25, 0.3) is 0 Å². The maximum Gasteiger partial charge on any atom is 0.141 e. The van der Waals surface area contributed by atoms with Crippen molar-refractivity contribution in [3.05, 3.63) is 33.8 Å². The first-order valence-corrected chi connectivity index (χ1v) is 5.76. The van der Waals surface area contributed by atoms with E-state index < -0.39 is 11.6 Å². The van der Waals surface area contributed by atoms with Gasteiger partial charge in [-0.3, -0.25) is 0 Å². The van der Waals surface area contributed by atoms with Crippen molar-refractivity contribution in [1.29, 1.82) is 0 Å². The molecule has 0 radical (unpaired) electrons. The molecule has 0 saturated heterocycles. The fraction of sp³-hybridized carbons (Fsp3) is 0.200. The number of alkyl halides is 1. The number of hydrogen-bond donors (Lipinski definition) is 0. The standard InChI is InChI=1S/C10H6Br2F2/c11-4-2-1-3-7-5-8(13)10(12)9(14)6-7/h5-6H,2,4H2. The molecule has 0 aromatic heterocycles. The number of rotatable bonds is 1. The van der Waals surface area contributed by atoms with Gasteiger partial charge >= 0.3 is 0 Å². The van der Waals surface area contributed by atoms with Crippen LogP contribution in [0.2, 0.25) is 0 Å². The van der Waals surface area contributed by atoms with Gasteiger partial charge in [0.1, 0.15) is 11.6 Å². The van der Waals surface area contributed by atoms with Crippen LogP contribution in [0.4, 0.5) is 8.78 Å². The Hall–Kier alpha value is -0.400. The molecule has 0 saturated carbocycles. The molecule has 0 atom stereocenters. The molecular weight excluding hydrogens is 318 g/mol. The Morgan fingerprint density at radius 1 is 1.21 bits per heavy atom. The Labute approximate surface area is 98.0 Å². The first-order valence-electron chi connectivity index (χ1n) is 3.84. The molecule has 0 heterocycles. The van der Waals surface area contributed by atoms with Crippen LogP contribution in [0.1, 0.15) is 12.0 Å². The van der Waals surface area contributed by atoms with E-state index in [9.17, 15) is 8.78 Å². The van der Waals surface area contributed by atoms with Crippen LogP contribution in [-0.4, -0.2) is 5.33 Å². The predicted molar refractivity (Wildman–Crippen MR) is 59.3 cm³/mol. The van der Waals surface area contributed by atoms with E-state index in [1.807, 2.05) is 0 Å². The molecule has 0 aliphatic carbocycles. The molecule has 0 nitrogen and oxygen atoms in total. The molecule has 0 amide bonds. The monoisotopic (exact) mass is 322 g/mol. The van der Waals surface area contributed by atoms with Crippen LogP contribution in [0, 0.1) is 23.5 Å². The summed E-state index contributed by atoms with van der Waals surface area (Å²) in [5.41, 5.74) is 0.351. The van der Waals surface area contributed by atoms with E-state index >= 15 is 0 Å². The minimum Gasteiger partial charge on any atom is -0.206 e. The largest absolute Gasteiger partial charge is 0.206 e. The summed E-state index contributed by atoms with van der Waals surface area (Å²) in [6, 6.07) is 2.41. The average Bonchev–Trinajstić information content (AvgIpc) is 2.14. The second-order valence-electron chi connectivity index (χ2n) is 2.49. The van der Waals surface area contributed by atoms with Gasteiger partial charge in [-0.25, -0.2) is 8.78 Å². The van der Waals surface area contributed by atoms with E-state index in [0.29, 0.717) is 12.0 Å². The van der Waals surface area contributed by atoms with Crippen LogP contribution in [0.15, 0.2) is 16.6 Å². The molecule has 1 aromatic carbocycles. The van der Waals surface area contributed by atoms with Crippen LogP contribution in [0.3, 0.4) is 0 Å². The second kappa shape index (κ2) is 5.47. The Morgan fingerprint density at radius 2 is 1.79 bits per heavy atom. The van der Waals surface area contributed by atoms with Crippen LogP contribution in [0.5, 0.6) is 0 Å². The van der Waals surface area contributed by atoms with E-state index in [1.165, 1.54) is 12.1 Å². The highest BCUT2D eigenvalue weighted by molar-refractivity contribution is 9.10. The highest BCUT2D eigenvalue weighted by atomic mass is 79.9. The normalized spacial score (nSPS) is 9.43. The third kappa shape index (κ3) is 3.07. The van der Waals surface area contributed by atoms with Crippen LogP contribution >= 0.6 is 31.9 Å². The molecule has 0 fully saturated rings. The number of benzene rings is 1. The summed E-state index contributed by atoms with van der Waals surface area (Å²) in [4.78, 5) is 0. The van der Waals surface area contributed by atoms with Gasteiger partial charge in [-0.15, -0.1) is 0 Å². The van der Waals surface area contributed by atoms with Gasteiger partial charge in [0, 0.05) is 17.3 Å². The summed E-state index contributed by atoms with van der Waals surface area (Å²) in [6.07, 6.45) is 0.652. The maximum atomic E-state index is 13.0. The molecule has 0 spiro atoms. The predicted octanol–water partition coefficient (Wildman–Crippen LogP) is 3.86. The van der Waals surface area contributed by atoms with Gasteiger partial charge in [-0.05, 0) is 28.1 Å². The molecule has 0 N–H and O–H groups in total. The molecule has 0 unspecified atom stereocenters. The average molecular weight is 324 g/mol. The van der Waals surface area contributed by atoms with Crippen molar-refractivity contribution in [3.8, 4) is 11.8 Å².